The van der Waals surface area contributed by atoms with E-state index in [1.54, 1.807) is 0 Å². The third kappa shape index (κ3) is 3.70. The molecule has 0 aromatic heterocycles. The van der Waals surface area contributed by atoms with Crippen molar-refractivity contribution in [1.29, 1.82) is 0 Å². The van der Waals surface area contributed by atoms with Crippen LogP contribution in [0.5, 0.6) is 0 Å². The number of carboxylic acids is 1. The topological polar surface area (TPSA) is 37.3 Å². The normalized spacial score (nSPS) is 14.5. The lowest BCUT2D eigenvalue weighted by Gasteiger charge is -2.14. The second-order valence-corrected chi connectivity index (χ2v) is 3.84. The zero-order chi connectivity index (χ0) is 11.3. The SMILES string of the molecule is CC(F)(CCCc1ccccc1)C(=O)O. The van der Waals surface area contributed by atoms with E-state index < -0.39 is 11.6 Å². The summed E-state index contributed by atoms with van der Waals surface area (Å²) >= 11 is 0. The Morgan fingerprint density at radius 2 is 2.00 bits per heavy atom. The summed E-state index contributed by atoms with van der Waals surface area (Å²) in [5, 5.41) is 8.56. The highest BCUT2D eigenvalue weighted by Gasteiger charge is 2.31. The first kappa shape index (κ1) is 11.7. The molecule has 1 atom stereocenters. The Morgan fingerprint density at radius 1 is 1.40 bits per heavy atom. The molecule has 82 valence electrons. The minimum atomic E-state index is -2.10. The van der Waals surface area contributed by atoms with Gasteiger partial charge in [0.1, 0.15) is 0 Å². The lowest BCUT2D eigenvalue weighted by Crippen LogP contribution is -2.29. The molecule has 2 nitrogen and oxygen atoms in total. The van der Waals surface area contributed by atoms with Crippen molar-refractivity contribution >= 4 is 5.97 Å². The highest BCUT2D eigenvalue weighted by Crippen LogP contribution is 2.19. The Balaban J connectivity index is 2.37. The van der Waals surface area contributed by atoms with Crippen molar-refractivity contribution in [3.63, 3.8) is 0 Å². The summed E-state index contributed by atoms with van der Waals surface area (Å²) in [4.78, 5) is 10.5. The number of hydrogen-bond acceptors (Lipinski definition) is 1. The van der Waals surface area contributed by atoms with E-state index in [0.717, 1.165) is 12.5 Å². The summed E-state index contributed by atoms with van der Waals surface area (Å²) in [5.41, 5.74) is -0.993. The van der Waals surface area contributed by atoms with E-state index in [2.05, 4.69) is 0 Å². The van der Waals surface area contributed by atoms with Gasteiger partial charge in [-0.2, -0.15) is 0 Å². The molecule has 1 aromatic carbocycles. The van der Waals surface area contributed by atoms with E-state index in [4.69, 9.17) is 5.11 Å². The van der Waals surface area contributed by atoms with Crippen molar-refractivity contribution in [2.45, 2.75) is 31.9 Å². The van der Waals surface area contributed by atoms with Crippen LogP contribution >= 0.6 is 0 Å². The second kappa shape index (κ2) is 4.91. The molecule has 15 heavy (non-hydrogen) atoms. The molecule has 1 N–H and O–H groups in total. The van der Waals surface area contributed by atoms with Crippen LogP contribution in [0.15, 0.2) is 30.3 Å². The number of carboxylic acid groups (broad SMARTS) is 1. The van der Waals surface area contributed by atoms with Crippen molar-refractivity contribution in [2.75, 3.05) is 0 Å². The van der Waals surface area contributed by atoms with Crippen molar-refractivity contribution < 1.29 is 14.3 Å². The van der Waals surface area contributed by atoms with E-state index in [0.29, 0.717) is 12.8 Å². The Labute approximate surface area is 88.7 Å². The molecule has 1 aromatic rings. The molecule has 0 radical (unpaired) electrons. The molecule has 0 amide bonds. The van der Waals surface area contributed by atoms with Gasteiger partial charge in [-0.15, -0.1) is 0 Å². The summed E-state index contributed by atoms with van der Waals surface area (Å²) in [7, 11) is 0. The first-order valence-electron chi connectivity index (χ1n) is 4.98. The molecule has 0 aliphatic carbocycles. The largest absolute Gasteiger partial charge is 0.479 e. The van der Waals surface area contributed by atoms with E-state index in [1.165, 1.54) is 0 Å². The average Bonchev–Trinajstić information content (AvgIpc) is 2.19. The highest BCUT2D eigenvalue weighted by atomic mass is 19.1. The zero-order valence-electron chi connectivity index (χ0n) is 8.74. The maximum absolute atomic E-state index is 13.3. The Kier molecular flexibility index (Phi) is 3.83. The lowest BCUT2D eigenvalue weighted by molar-refractivity contribution is -0.150. The first-order chi connectivity index (χ1) is 7.02. The van der Waals surface area contributed by atoms with Gasteiger partial charge in [-0.3, -0.25) is 0 Å². The van der Waals surface area contributed by atoms with Gasteiger partial charge in [0.2, 0.25) is 5.67 Å². The fourth-order valence-corrected chi connectivity index (χ4v) is 1.38. The van der Waals surface area contributed by atoms with Gasteiger partial charge in [-0.05, 0) is 31.7 Å². The summed E-state index contributed by atoms with van der Waals surface area (Å²) < 4.78 is 13.3. The third-order valence-electron chi connectivity index (χ3n) is 2.40. The number of carbonyl (C=O) groups is 1. The van der Waals surface area contributed by atoms with Gasteiger partial charge in [-0.1, -0.05) is 30.3 Å². The van der Waals surface area contributed by atoms with Crippen LogP contribution in [0.25, 0.3) is 0 Å². The second-order valence-electron chi connectivity index (χ2n) is 3.84. The highest BCUT2D eigenvalue weighted by molar-refractivity contribution is 5.76. The Hall–Kier alpha value is -1.38. The predicted octanol–water partition coefficient (Wildman–Crippen LogP) is 2.82. The van der Waals surface area contributed by atoms with Crippen LogP contribution in [0.2, 0.25) is 0 Å². The lowest BCUT2D eigenvalue weighted by atomic mass is 9.99. The first-order valence-corrected chi connectivity index (χ1v) is 4.98. The molecule has 0 bridgehead atoms. The summed E-state index contributed by atoms with van der Waals surface area (Å²) in [6, 6.07) is 9.66. The zero-order valence-corrected chi connectivity index (χ0v) is 8.74. The van der Waals surface area contributed by atoms with Gasteiger partial charge in [0.15, 0.2) is 0 Å². The number of alkyl halides is 1. The molecule has 3 heteroatoms. The monoisotopic (exact) mass is 210 g/mol. The molecule has 0 fully saturated rings. The Morgan fingerprint density at radius 3 is 2.53 bits per heavy atom. The van der Waals surface area contributed by atoms with Gasteiger partial charge >= 0.3 is 5.97 Å². The van der Waals surface area contributed by atoms with Crippen LogP contribution in [0, 0.1) is 0 Å². The van der Waals surface area contributed by atoms with Crippen LogP contribution in [-0.2, 0) is 11.2 Å². The van der Waals surface area contributed by atoms with Crippen molar-refractivity contribution in [1.82, 2.24) is 0 Å². The van der Waals surface area contributed by atoms with E-state index in [1.807, 2.05) is 30.3 Å². The molecule has 0 aliphatic heterocycles. The Bertz CT molecular complexity index is 320. The van der Waals surface area contributed by atoms with Gasteiger partial charge in [0.25, 0.3) is 0 Å². The van der Waals surface area contributed by atoms with Crippen LogP contribution < -0.4 is 0 Å². The fourth-order valence-electron chi connectivity index (χ4n) is 1.38. The molecule has 1 rings (SSSR count). The van der Waals surface area contributed by atoms with Crippen LogP contribution in [0.1, 0.15) is 25.3 Å². The van der Waals surface area contributed by atoms with Crippen molar-refractivity contribution in [2.24, 2.45) is 0 Å². The third-order valence-corrected chi connectivity index (χ3v) is 2.40. The van der Waals surface area contributed by atoms with Crippen molar-refractivity contribution in [3.8, 4) is 0 Å². The van der Waals surface area contributed by atoms with E-state index >= 15 is 0 Å². The van der Waals surface area contributed by atoms with Gasteiger partial charge < -0.3 is 5.11 Å². The van der Waals surface area contributed by atoms with Gasteiger partial charge in [0.05, 0.1) is 0 Å². The number of hydrogen-bond donors (Lipinski definition) is 1. The molecular weight excluding hydrogens is 195 g/mol. The number of halogens is 1. The van der Waals surface area contributed by atoms with Gasteiger partial charge in [0, 0.05) is 0 Å². The summed E-state index contributed by atoms with van der Waals surface area (Å²) in [6.45, 7) is 1.11. The number of benzene rings is 1. The molecular formula is C12H15FO2. The standard InChI is InChI=1S/C12H15FO2/c1-12(13,11(14)15)9-5-8-10-6-3-2-4-7-10/h2-4,6-7H,5,8-9H2,1H3,(H,14,15). The number of aryl methyl sites for hydroxylation is 1. The minimum Gasteiger partial charge on any atom is -0.479 e. The van der Waals surface area contributed by atoms with E-state index in [-0.39, 0.29) is 6.42 Å². The minimum absolute atomic E-state index is 0.0528. The van der Waals surface area contributed by atoms with Gasteiger partial charge in [-0.25, -0.2) is 9.18 Å². The van der Waals surface area contributed by atoms with Crippen LogP contribution in [0.3, 0.4) is 0 Å². The maximum atomic E-state index is 13.3. The summed E-state index contributed by atoms with van der Waals surface area (Å²) in [5.74, 6) is -1.38. The number of rotatable bonds is 5. The molecule has 0 aliphatic rings. The molecule has 1 unspecified atom stereocenters. The van der Waals surface area contributed by atoms with Crippen LogP contribution in [0.4, 0.5) is 4.39 Å². The quantitative estimate of drug-likeness (QED) is 0.811. The molecule has 0 saturated carbocycles. The van der Waals surface area contributed by atoms with Crippen LogP contribution in [-0.4, -0.2) is 16.7 Å². The summed E-state index contributed by atoms with van der Waals surface area (Å²) in [6.07, 6.45) is 1.31. The van der Waals surface area contributed by atoms with Crippen molar-refractivity contribution in [3.05, 3.63) is 35.9 Å². The average molecular weight is 210 g/mol. The maximum Gasteiger partial charge on any atom is 0.341 e. The molecule has 0 spiro atoms. The number of aliphatic carboxylic acids is 1. The molecule has 0 saturated heterocycles. The fraction of sp³-hybridized carbons (Fsp3) is 0.417. The smallest absolute Gasteiger partial charge is 0.341 e. The van der Waals surface area contributed by atoms with E-state index in [9.17, 15) is 9.18 Å². The predicted molar refractivity (Wildman–Crippen MR) is 56.5 cm³/mol. The molecule has 0 heterocycles.